The van der Waals surface area contributed by atoms with Crippen LogP contribution in [0, 0.1) is 0 Å². The molecule has 1 aromatic carbocycles. The lowest BCUT2D eigenvalue weighted by Gasteiger charge is -2.15. The first-order valence-corrected chi connectivity index (χ1v) is 6.90. The summed E-state index contributed by atoms with van der Waals surface area (Å²) >= 11 is 1.58. The van der Waals surface area contributed by atoms with E-state index in [-0.39, 0.29) is 6.61 Å². The Morgan fingerprint density at radius 2 is 2.00 bits per heavy atom. The summed E-state index contributed by atoms with van der Waals surface area (Å²) in [4.78, 5) is 7.68. The van der Waals surface area contributed by atoms with Gasteiger partial charge in [0, 0.05) is 13.6 Å². The van der Waals surface area contributed by atoms with Crippen LogP contribution in [0.5, 0.6) is 0 Å². The van der Waals surface area contributed by atoms with E-state index in [1.165, 1.54) is 5.56 Å². The maximum absolute atomic E-state index is 9.29. The molecule has 1 N–H and O–H groups in total. The lowest BCUT2D eigenvalue weighted by Crippen LogP contribution is -2.15. The molecule has 0 aliphatic carbocycles. The summed E-state index contributed by atoms with van der Waals surface area (Å²) in [6, 6.07) is 10.3. The molecule has 3 nitrogen and oxygen atoms in total. The lowest BCUT2D eigenvalue weighted by atomic mass is 10.2. The Morgan fingerprint density at radius 1 is 1.28 bits per heavy atom. The van der Waals surface area contributed by atoms with E-state index in [1.54, 1.807) is 11.3 Å². The van der Waals surface area contributed by atoms with Gasteiger partial charge in [-0.05, 0) is 12.0 Å². The highest BCUT2D eigenvalue weighted by Gasteiger charge is 2.12. The van der Waals surface area contributed by atoms with Gasteiger partial charge in [0.05, 0.1) is 17.2 Å². The highest BCUT2D eigenvalue weighted by Crippen LogP contribution is 2.27. The minimum atomic E-state index is 0.0834. The Hall–Kier alpha value is -1.39. The summed E-state index contributed by atoms with van der Waals surface area (Å²) in [6.07, 6.45) is 0.867. The molecule has 0 unspecified atom stereocenters. The van der Waals surface area contributed by atoms with Gasteiger partial charge >= 0.3 is 0 Å². The van der Waals surface area contributed by atoms with Crippen molar-refractivity contribution in [2.45, 2.75) is 26.5 Å². The first kappa shape index (κ1) is 13.1. The maximum atomic E-state index is 9.29. The van der Waals surface area contributed by atoms with E-state index in [1.807, 2.05) is 25.2 Å². The molecule has 2 rings (SSSR count). The maximum Gasteiger partial charge on any atom is 0.185 e. The Balaban J connectivity index is 2.13. The predicted octanol–water partition coefficient (Wildman–Crippen LogP) is 2.83. The normalized spacial score (nSPS) is 10.6. The number of anilines is 1. The second kappa shape index (κ2) is 5.98. The van der Waals surface area contributed by atoms with Crippen LogP contribution in [0.3, 0.4) is 0 Å². The van der Waals surface area contributed by atoms with Crippen molar-refractivity contribution in [3.8, 4) is 0 Å². The van der Waals surface area contributed by atoms with E-state index < -0.39 is 0 Å². The Morgan fingerprint density at radius 3 is 2.56 bits per heavy atom. The average molecular weight is 262 g/mol. The standard InChI is InChI=1S/C14H18N2OS/c1-3-12-13(10-17)18-14(15-12)16(2)9-11-7-5-4-6-8-11/h4-8,17H,3,9-10H2,1-2H3. The number of hydrogen-bond acceptors (Lipinski definition) is 4. The fourth-order valence-electron chi connectivity index (χ4n) is 1.86. The summed E-state index contributed by atoms with van der Waals surface area (Å²) in [5.41, 5.74) is 2.27. The first-order chi connectivity index (χ1) is 8.74. The molecule has 0 aliphatic heterocycles. The van der Waals surface area contributed by atoms with Gasteiger partial charge in [-0.1, -0.05) is 48.6 Å². The van der Waals surface area contributed by atoms with Crippen molar-refractivity contribution in [2.24, 2.45) is 0 Å². The van der Waals surface area contributed by atoms with Crippen molar-refractivity contribution in [1.82, 2.24) is 4.98 Å². The molecule has 0 bridgehead atoms. The van der Waals surface area contributed by atoms with Crippen LogP contribution in [-0.4, -0.2) is 17.1 Å². The molecule has 0 saturated carbocycles. The topological polar surface area (TPSA) is 36.4 Å². The van der Waals surface area contributed by atoms with Gasteiger partial charge in [0.25, 0.3) is 0 Å². The average Bonchev–Trinajstić information content (AvgIpc) is 2.83. The molecule has 0 amide bonds. The highest BCUT2D eigenvalue weighted by molar-refractivity contribution is 7.15. The smallest absolute Gasteiger partial charge is 0.185 e. The number of hydrogen-bond donors (Lipinski definition) is 1. The van der Waals surface area contributed by atoms with Crippen LogP contribution >= 0.6 is 11.3 Å². The fraction of sp³-hybridized carbons (Fsp3) is 0.357. The number of thiazole rings is 1. The minimum Gasteiger partial charge on any atom is -0.391 e. The van der Waals surface area contributed by atoms with E-state index in [0.29, 0.717) is 0 Å². The largest absolute Gasteiger partial charge is 0.391 e. The molecular weight excluding hydrogens is 244 g/mol. The zero-order chi connectivity index (χ0) is 13.0. The molecular formula is C14H18N2OS. The van der Waals surface area contributed by atoms with Crippen LogP contribution in [0.15, 0.2) is 30.3 Å². The number of aryl methyl sites for hydroxylation is 1. The molecule has 96 valence electrons. The third-order valence-corrected chi connectivity index (χ3v) is 4.03. The van der Waals surface area contributed by atoms with Gasteiger partial charge in [-0.15, -0.1) is 0 Å². The zero-order valence-corrected chi connectivity index (χ0v) is 11.6. The van der Waals surface area contributed by atoms with Gasteiger partial charge in [-0.25, -0.2) is 4.98 Å². The van der Waals surface area contributed by atoms with Crippen molar-refractivity contribution in [3.05, 3.63) is 46.5 Å². The van der Waals surface area contributed by atoms with Crippen LogP contribution < -0.4 is 4.90 Å². The van der Waals surface area contributed by atoms with E-state index in [9.17, 15) is 5.11 Å². The number of nitrogens with zero attached hydrogens (tertiary/aromatic N) is 2. The number of benzene rings is 1. The van der Waals surface area contributed by atoms with Crippen molar-refractivity contribution < 1.29 is 5.11 Å². The molecule has 1 aromatic heterocycles. The third kappa shape index (κ3) is 2.89. The van der Waals surface area contributed by atoms with E-state index >= 15 is 0 Å². The number of aromatic nitrogens is 1. The molecule has 0 spiro atoms. The zero-order valence-electron chi connectivity index (χ0n) is 10.8. The van der Waals surface area contributed by atoms with Crippen LogP contribution in [-0.2, 0) is 19.6 Å². The second-order valence-corrected chi connectivity index (χ2v) is 5.28. The highest BCUT2D eigenvalue weighted by atomic mass is 32.1. The number of rotatable bonds is 5. The van der Waals surface area contributed by atoms with Crippen LogP contribution in [0.1, 0.15) is 23.1 Å². The van der Waals surface area contributed by atoms with Gasteiger partial charge in [0.1, 0.15) is 0 Å². The summed E-state index contributed by atoms with van der Waals surface area (Å²) in [5.74, 6) is 0. The molecule has 0 fully saturated rings. The second-order valence-electron chi connectivity index (χ2n) is 4.22. The van der Waals surface area contributed by atoms with E-state index in [4.69, 9.17) is 0 Å². The van der Waals surface area contributed by atoms with Crippen molar-refractivity contribution in [1.29, 1.82) is 0 Å². The minimum absolute atomic E-state index is 0.0834. The van der Waals surface area contributed by atoms with Gasteiger partial charge < -0.3 is 10.0 Å². The van der Waals surface area contributed by atoms with Gasteiger partial charge in [-0.2, -0.15) is 0 Å². The lowest BCUT2D eigenvalue weighted by molar-refractivity contribution is 0.284. The molecule has 0 atom stereocenters. The Kier molecular flexibility index (Phi) is 4.33. The molecule has 0 radical (unpaired) electrons. The van der Waals surface area contributed by atoms with E-state index in [2.05, 4.69) is 28.9 Å². The summed E-state index contributed by atoms with van der Waals surface area (Å²) in [6.45, 7) is 2.98. The van der Waals surface area contributed by atoms with Gasteiger partial charge in [0.2, 0.25) is 0 Å². The Labute approximate surface area is 112 Å². The fourth-order valence-corrected chi connectivity index (χ4v) is 2.83. The summed E-state index contributed by atoms with van der Waals surface area (Å²) < 4.78 is 0. The molecule has 4 heteroatoms. The summed E-state index contributed by atoms with van der Waals surface area (Å²) in [7, 11) is 2.03. The van der Waals surface area contributed by atoms with Crippen molar-refractivity contribution in [3.63, 3.8) is 0 Å². The van der Waals surface area contributed by atoms with Gasteiger partial charge in [0.15, 0.2) is 5.13 Å². The van der Waals surface area contributed by atoms with Crippen molar-refractivity contribution >= 4 is 16.5 Å². The van der Waals surface area contributed by atoms with Crippen molar-refractivity contribution in [2.75, 3.05) is 11.9 Å². The molecule has 18 heavy (non-hydrogen) atoms. The quantitative estimate of drug-likeness (QED) is 0.900. The van der Waals surface area contributed by atoms with Gasteiger partial charge in [-0.3, -0.25) is 0 Å². The van der Waals surface area contributed by atoms with Crippen LogP contribution in [0.25, 0.3) is 0 Å². The molecule has 0 saturated heterocycles. The number of aliphatic hydroxyl groups is 1. The SMILES string of the molecule is CCc1nc(N(C)Cc2ccccc2)sc1CO. The molecule has 1 heterocycles. The molecule has 0 aliphatic rings. The van der Waals surface area contributed by atoms with Crippen LogP contribution in [0.4, 0.5) is 5.13 Å². The first-order valence-electron chi connectivity index (χ1n) is 6.09. The van der Waals surface area contributed by atoms with E-state index in [0.717, 1.165) is 28.7 Å². The Bertz CT molecular complexity index is 474. The van der Waals surface area contributed by atoms with Crippen LogP contribution in [0.2, 0.25) is 0 Å². The monoisotopic (exact) mass is 262 g/mol. The predicted molar refractivity (Wildman–Crippen MR) is 76.0 cm³/mol. The molecule has 2 aromatic rings. The number of aliphatic hydroxyl groups excluding tert-OH is 1. The third-order valence-electron chi connectivity index (χ3n) is 2.83. The summed E-state index contributed by atoms with van der Waals surface area (Å²) in [5, 5.41) is 10.3.